The van der Waals surface area contributed by atoms with Crippen molar-refractivity contribution in [1.82, 2.24) is 4.98 Å². The molecule has 0 bridgehead atoms. The number of hydrogen-bond donors (Lipinski definition) is 1. The number of hydrogen-bond acceptors (Lipinski definition) is 4. The van der Waals surface area contributed by atoms with Crippen molar-refractivity contribution >= 4 is 38.6 Å². The van der Waals surface area contributed by atoms with Crippen LogP contribution in [0.25, 0.3) is 0 Å². The summed E-state index contributed by atoms with van der Waals surface area (Å²) in [6, 6.07) is 8.00. The SMILES string of the molecule is Brc1ccccc1/C=N\Nc1nc2c(s1)CCCC2. The van der Waals surface area contributed by atoms with Crippen LogP contribution in [0.15, 0.2) is 33.8 Å². The summed E-state index contributed by atoms with van der Waals surface area (Å²) in [6.45, 7) is 0. The van der Waals surface area contributed by atoms with Crippen LogP contribution in [0.2, 0.25) is 0 Å². The second-order valence-corrected chi connectivity index (χ2v) is 6.43. The molecular formula is C14H14BrN3S. The van der Waals surface area contributed by atoms with Gasteiger partial charge in [0.05, 0.1) is 11.9 Å². The van der Waals surface area contributed by atoms with E-state index >= 15 is 0 Å². The van der Waals surface area contributed by atoms with Gasteiger partial charge in [-0.25, -0.2) is 4.98 Å². The first kappa shape index (κ1) is 12.8. The van der Waals surface area contributed by atoms with Crippen molar-refractivity contribution in [2.24, 2.45) is 5.10 Å². The molecule has 0 saturated heterocycles. The standard InChI is InChI=1S/C14H14BrN3S/c15-11-6-2-1-5-10(11)9-16-18-14-17-12-7-3-4-8-13(12)19-14/h1-2,5-6,9H,3-4,7-8H2,(H,17,18)/b16-9-. The molecule has 0 aliphatic heterocycles. The maximum absolute atomic E-state index is 4.59. The molecular weight excluding hydrogens is 322 g/mol. The third kappa shape index (κ3) is 3.04. The van der Waals surface area contributed by atoms with Crippen molar-refractivity contribution in [2.75, 3.05) is 5.43 Å². The van der Waals surface area contributed by atoms with Crippen molar-refractivity contribution in [1.29, 1.82) is 0 Å². The van der Waals surface area contributed by atoms with Crippen molar-refractivity contribution in [2.45, 2.75) is 25.7 Å². The minimum absolute atomic E-state index is 0.898. The van der Waals surface area contributed by atoms with E-state index in [0.717, 1.165) is 21.6 Å². The summed E-state index contributed by atoms with van der Waals surface area (Å²) in [6.07, 6.45) is 6.64. The minimum atomic E-state index is 0.898. The second-order valence-electron chi connectivity index (χ2n) is 4.49. The fraction of sp³-hybridized carbons (Fsp3) is 0.286. The number of aromatic nitrogens is 1. The van der Waals surface area contributed by atoms with Crippen LogP contribution in [0, 0.1) is 0 Å². The van der Waals surface area contributed by atoms with Gasteiger partial charge < -0.3 is 0 Å². The molecule has 0 atom stereocenters. The number of hydrazone groups is 1. The van der Waals surface area contributed by atoms with Gasteiger partial charge in [-0.1, -0.05) is 34.1 Å². The van der Waals surface area contributed by atoms with E-state index in [9.17, 15) is 0 Å². The lowest BCUT2D eigenvalue weighted by molar-refractivity contribution is 0.682. The third-order valence-electron chi connectivity index (χ3n) is 3.11. The molecule has 2 aromatic rings. The van der Waals surface area contributed by atoms with Gasteiger partial charge >= 0.3 is 0 Å². The lowest BCUT2D eigenvalue weighted by atomic mass is 10.0. The first-order valence-corrected chi connectivity index (χ1v) is 7.96. The smallest absolute Gasteiger partial charge is 0.203 e. The van der Waals surface area contributed by atoms with E-state index in [1.807, 2.05) is 30.5 Å². The zero-order valence-corrected chi connectivity index (χ0v) is 12.8. The Labute approximate surface area is 124 Å². The monoisotopic (exact) mass is 335 g/mol. The van der Waals surface area contributed by atoms with E-state index in [1.165, 1.54) is 29.8 Å². The zero-order valence-electron chi connectivity index (χ0n) is 10.4. The number of nitrogens with zero attached hydrogens (tertiary/aromatic N) is 2. The summed E-state index contributed by atoms with van der Waals surface area (Å²) in [5.41, 5.74) is 5.34. The number of rotatable bonds is 3. The molecule has 19 heavy (non-hydrogen) atoms. The summed E-state index contributed by atoms with van der Waals surface area (Å²) in [4.78, 5) is 6.01. The molecule has 1 aliphatic rings. The molecule has 1 aromatic carbocycles. The Kier molecular flexibility index (Phi) is 3.94. The summed E-state index contributed by atoms with van der Waals surface area (Å²) in [7, 11) is 0. The normalized spacial score (nSPS) is 14.6. The molecule has 0 fully saturated rings. The minimum Gasteiger partial charge on any atom is -0.253 e. The van der Waals surface area contributed by atoms with Crippen LogP contribution in [-0.2, 0) is 12.8 Å². The van der Waals surface area contributed by atoms with E-state index in [0.29, 0.717) is 0 Å². The van der Waals surface area contributed by atoms with Gasteiger partial charge in [0.1, 0.15) is 0 Å². The van der Waals surface area contributed by atoms with Crippen molar-refractivity contribution in [3.8, 4) is 0 Å². The molecule has 5 heteroatoms. The number of nitrogens with one attached hydrogen (secondary N) is 1. The van der Waals surface area contributed by atoms with Crippen LogP contribution < -0.4 is 5.43 Å². The number of halogens is 1. The quantitative estimate of drug-likeness (QED) is 0.673. The summed E-state index contributed by atoms with van der Waals surface area (Å²) in [5.74, 6) is 0. The molecule has 1 aromatic heterocycles. The Balaban J connectivity index is 1.69. The van der Waals surface area contributed by atoms with Gasteiger partial charge in [-0.3, -0.25) is 5.43 Å². The lowest BCUT2D eigenvalue weighted by Crippen LogP contribution is -1.99. The second kappa shape index (κ2) is 5.84. The van der Waals surface area contributed by atoms with Crippen LogP contribution in [0.1, 0.15) is 29.0 Å². The number of benzene rings is 1. The van der Waals surface area contributed by atoms with Gasteiger partial charge in [-0.15, -0.1) is 11.3 Å². The van der Waals surface area contributed by atoms with Crippen molar-refractivity contribution in [3.05, 3.63) is 44.9 Å². The molecule has 1 aliphatic carbocycles. The highest BCUT2D eigenvalue weighted by Crippen LogP contribution is 2.29. The average molecular weight is 336 g/mol. The Hall–Kier alpha value is -1.20. The molecule has 1 N–H and O–H groups in total. The Morgan fingerprint density at radius 3 is 2.95 bits per heavy atom. The predicted octanol–water partition coefficient (Wildman–Crippen LogP) is 4.23. The Bertz CT molecular complexity index is 583. The van der Waals surface area contributed by atoms with E-state index in [2.05, 4.69) is 31.4 Å². The van der Waals surface area contributed by atoms with Crippen LogP contribution in [0.3, 0.4) is 0 Å². The largest absolute Gasteiger partial charge is 0.253 e. The highest BCUT2D eigenvalue weighted by molar-refractivity contribution is 9.10. The van der Waals surface area contributed by atoms with Gasteiger partial charge in [0.2, 0.25) is 5.13 Å². The number of thiazole rings is 1. The lowest BCUT2D eigenvalue weighted by Gasteiger charge is -2.06. The first-order valence-electron chi connectivity index (χ1n) is 6.35. The third-order valence-corrected chi connectivity index (χ3v) is 4.90. The van der Waals surface area contributed by atoms with Gasteiger partial charge in [-0.05, 0) is 31.7 Å². The number of anilines is 1. The Morgan fingerprint density at radius 2 is 2.11 bits per heavy atom. The predicted molar refractivity (Wildman–Crippen MR) is 84.1 cm³/mol. The molecule has 3 nitrogen and oxygen atoms in total. The molecule has 0 amide bonds. The van der Waals surface area contributed by atoms with Gasteiger partial charge in [0, 0.05) is 14.9 Å². The maximum Gasteiger partial charge on any atom is 0.203 e. The maximum atomic E-state index is 4.59. The molecule has 0 unspecified atom stereocenters. The molecule has 1 heterocycles. The molecule has 3 rings (SSSR count). The van der Waals surface area contributed by atoms with Gasteiger partial charge in [0.25, 0.3) is 0 Å². The highest BCUT2D eigenvalue weighted by atomic mass is 79.9. The molecule has 0 spiro atoms. The van der Waals surface area contributed by atoms with Gasteiger partial charge in [-0.2, -0.15) is 5.10 Å². The molecule has 0 saturated carbocycles. The molecule has 0 radical (unpaired) electrons. The number of aryl methyl sites for hydroxylation is 2. The van der Waals surface area contributed by atoms with Crippen LogP contribution >= 0.6 is 27.3 Å². The van der Waals surface area contributed by atoms with E-state index in [4.69, 9.17) is 0 Å². The summed E-state index contributed by atoms with van der Waals surface area (Å²) < 4.78 is 1.04. The zero-order chi connectivity index (χ0) is 13.1. The fourth-order valence-corrected chi connectivity index (χ4v) is 3.52. The van der Waals surface area contributed by atoms with E-state index < -0.39 is 0 Å². The van der Waals surface area contributed by atoms with Crippen molar-refractivity contribution < 1.29 is 0 Å². The van der Waals surface area contributed by atoms with Crippen LogP contribution in [0.4, 0.5) is 5.13 Å². The van der Waals surface area contributed by atoms with Gasteiger partial charge in [0.15, 0.2) is 0 Å². The van der Waals surface area contributed by atoms with Crippen LogP contribution in [-0.4, -0.2) is 11.2 Å². The number of fused-ring (bicyclic) bond motifs is 1. The fourth-order valence-electron chi connectivity index (χ4n) is 2.14. The summed E-state index contributed by atoms with van der Waals surface area (Å²) >= 11 is 5.22. The Morgan fingerprint density at radius 1 is 1.26 bits per heavy atom. The average Bonchev–Trinajstić information content (AvgIpc) is 2.83. The van der Waals surface area contributed by atoms with Crippen LogP contribution in [0.5, 0.6) is 0 Å². The van der Waals surface area contributed by atoms with E-state index in [1.54, 1.807) is 11.3 Å². The molecule has 98 valence electrons. The van der Waals surface area contributed by atoms with Crippen molar-refractivity contribution in [3.63, 3.8) is 0 Å². The highest BCUT2D eigenvalue weighted by Gasteiger charge is 2.14. The summed E-state index contributed by atoms with van der Waals surface area (Å²) in [5, 5.41) is 5.16. The van der Waals surface area contributed by atoms with E-state index in [-0.39, 0.29) is 0 Å². The first-order chi connectivity index (χ1) is 9.33. The topological polar surface area (TPSA) is 37.3 Å².